The van der Waals surface area contributed by atoms with Crippen molar-refractivity contribution in [1.82, 2.24) is 15.0 Å². The van der Waals surface area contributed by atoms with E-state index in [-0.39, 0.29) is 10.9 Å². The summed E-state index contributed by atoms with van der Waals surface area (Å²) < 4.78 is 27.7. The molecular formula is C11H16BrN3O2S. The van der Waals surface area contributed by atoms with E-state index in [0.717, 1.165) is 25.8 Å². The van der Waals surface area contributed by atoms with Crippen LogP contribution in [0.5, 0.6) is 0 Å². The second kappa shape index (κ2) is 6.10. The van der Waals surface area contributed by atoms with Gasteiger partial charge in [-0.05, 0) is 41.4 Å². The van der Waals surface area contributed by atoms with E-state index in [9.17, 15) is 8.42 Å². The molecule has 1 saturated heterocycles. The van der Waals surface area contributed by atoms with Crippen LogP contribution in [-0.4, -0.2) is 32.5 Å². The quantitative estimate of drug-likeness (QED) is 0.873. The van der Waals surface area contributed by atoms with Crippen LogP contribution in [0.4, 0.5) is 0 Å². The Kier molecular flexibility index (Phi) is 4.71. The molecule has 7 heteroatoms. The van der Waals surface area contributed by atoms with E-state index in [1.54, 1.807) is 12.3 Å². The molecule has 2 rings (SSSR count). The first kappa shape index (κ1) is 13.9. The summed E-state index contributed by atoms with van der Waals surface area (Å²) >= 11 is 3.23. The summed E-state index contributed by atoms with van der Waals surface area (Å²) in [6, 6.07) is 1.51. The van der Waals surface area contributed by atoms with Crippen molar-refractivity contribution >= 4 is 26.0 Å². The van der Waals surface area contributed by atoms with Crippen LogP contribution in [0, 0.1) is 0 Å². The molecule has 0 amide bonds. The van der Waals surface area contributed by atoms with Crippen molar-refractivity contribution in [3.63, 3.8) is 0 Å². The monoisotopic (exact) mass is 333 g/mol. The molecule has 1 unspecified atom stereocenters. The summed E-state index contributed by atoms with van der Waals surface area (Å²) in [4.78, 5) is 4.08. The number of nitrogens with one attached hydrogen (secondary N) is 2. The smallest absolute Gasteiger partial charge is 0.242 e. The summed E-state index contributed by atoms with van der Waals surface area (Å²) in [5.41, 5.74) is 0. The third kappa shape index (κ3) is 3.74. The van der Waals surface area contributed by atoms with Gasteiger partial charge in [0.05, 0.1) is 0 Å². The first-order valence-corrected chi connectivity index (χ1v) is 8.19. The van der Waals surface area contributed by atoms with Crippen LogP contribution in [0.25, 0.3) is 0 Å². The highest BCUT2D eigenvalue weighted by Gasteiger charge is 2.21. The second-order valence-electron chi connectivity index (χ2n) is 4.36. The van der Waals surface area contributed by atoms with Gasteiger partial charge in [0.15, 0.2) is 0 Å². The lowest BCUT2D eigenvalue weighted by atomic mass is 10.2. The molecule has 0 aromatic carbocycles. The molecule has 0 bridgehead atoms. The van der Waals surface area contributed by atoms with Gasteiger partial charge < -0.3 is 5.32 Å². The molecule has 18 heavy (non-hydrogen) atoms. The Hall–Kier alpha value is -0.500. The number of rotatable bonds is 3. The number of sulfonamides is 1. The topological polar surface area (TPSA) is 71.1 Å². The molecule has 1 aromatic heterocycles. The number of halogens is 1. The lowest BCUT2D eigenvalue weighted by Gasteiger charge is -2.16. The molecule has 100 valence electrons. The Labute approximate surface area is 116 Å². The Morgan fingerprint density at radius 3 is 3.00 bits per heavy atom. The summed E-state index contributed by atoms with van der Waals surface area (Å²) in [7, 11) is -3.48. The van der Waals surface area contributed by atoms with Crippen molar-refractivity contribution in [2.45, 2.75) is 30.2 Å². The molecule has 0 aliphatic carbocycles. The minimum Gasteiger partial charge on any atom is -0.315 e. The number of aromatic nitrogens is 1. The van der Waals surface area contributed by atoms with E-state index < -0.39 is 10.0 Å². The highest BCUT2D eigenvalue weighted by Crippen LogP contribution is 2.15. The van der Waals surface area contributed by atoms with Crippen LogP contribution >= 0.6 is 15.9 Å². The van der Waals surface area contributed by atoms with Crippen LogP contribution in [0.15, 0.2) is 27.8 Å². The molecule has 1 aliphatic heterocycles. The van der Waals surface area contributed by atoms with E-state index in [1.165, 1.54) is 6.20 Å². The highest BCUT2D eigenvalue weighted by atomic mass is 79.9. The van der Waals surface area contributed by atoms with Crippen LogP contribution in [0.1, 0.15) is 19.3 Å². The molecule has 1 aromatic rings. The zero-order valence-corrected chi connectivity index (χ0v) is 12.3. The molecule has 2 N–H and O–H groups in total. The largest absolute Gasteiger partial charge is 0.315 e. The molecule has 0 radical (unpaired) electrons. The average molecular weight is 334 g/mol. The fraction of sp³-hybridized carbons (Fsp3) is 0.545. The van der Waals surface area contributed by atoms with Gasteiger partial charge in [-0.1, -0.05) is 6.42 Å². The number of hydrogen-bond acceptors (Lipinski definition) is 4. The fourth-order valence-corrected chi connectivity index (χ4v) is 3.72. The minimum absolute atomic E-state index is 0.0449. The normalized spacial score (nSPS) is 21.5. The standard InChI is InChI=1S/C11H16BrN3O2S/c12-9-5-11(8-14-6-9)18(16,17)15-10-3-1-2-4-13-7-10/h5-6,8,10,13,15H,1-4,7H2. The van der Waals surface area contributed by atoms with Gasteiger partial charge in [-0.25, -0.2) is 13.1 Å². The molecule has 1 atom stereocenters. The summed E-state index contributed by atoms with van der Waals surface area (Å²) in [5, 5.41) is 3.23. The van der Waals surface area contributed by atoms with Crippen molar-refractivity contribution in [2.24, 2.45) is 0 Å². The highest BCUT2D eigenvalue weighted by molar-refractivity contribution is 9.10. The van der Waals surface area contributed by atoms with Crippen molar-refractivity contribution in [3.05, 3.63) is 22.9 Å². The van der Waals surface area contributed by atoms with Gasteiger partial charge in [0, 0.05) is 29.5 Å². The van der Waals surface area contributed by atoms with Crippen LogP contribution in [0.2, 0.25) is 0 Å². The van der Waals surface area contributed by atoms with Crippen LogP contribution in [0.3, 0.4) is 0 Å². The molecule has 0 saturated carbocycles. The molecule has 0 spiro atoms. The summed E-state index contributed by atoms with van der Waals surface area (Å²) in [6.07, 6.45) is 5.92. The first-order chi connectivity index (χ1) is 8.58. The maximum atomic E-state index is 12.2. The molecule has 1 fully saturated rings. The molecular weight excluding hydrogens is 318 g/mol. The van der Waals surface area contributed by atoms with Gasteiger partial charge in [0.25, 0.3) is 0 Å². The predicted molar refractivity (Wildman–Crippen MR) is 72.8 cm³/mol. The Balaban J connectivity index is 2.11. The first-order valence-electron chi connectivity index (χ1n) is 5.91. The maximum Gasteiger partial charge on any atom is 0.242 e. The third-order valence-electron chi connectivity index (χ3n) is 2.86. The van der Waals surface area contributed by atoms with Gasteiger partial charge >= 0.3 is 0 Å². The molecule has 2 heterocycles. The number of hydrogen-bond donors (Lipinski definition) is 2. The van der Waals surface area contributed by atoms with Crippen molar-refractivity contribution in [2.75, 3.05) is 13.1 Å². The van der Waals surface area contributed by atoms with E-state index in [0.29, 0.717) is 11.0 Å². The number of nitrogens with zero attached hydrogens (tertiary/aromatic N) is 1. The minimum atomic E-state index is -3.48. The van der Waals surface area contributed by atoms with Crippen molar-refractivity contribution in [3.8, 4) is 0 Å². The van der Waals surface area contributed by atoms with Crippen LogP contribution in [-0.2, 0) is 10.0 Å². The zero-order chi connectivity index (χ0) is 13.0. The van der Waals surface area contributed by atoms with Gasteiger partial charge in [-0.2, -0.15) is 0 Å². The lowest BCUT2D eigenvalue weighted by Crippen LogP contribution is -2.40. The van der Waals surface area contributed by atoms with Crippen molar-refractivity contribution in [1.29, 1.82) is 0 Å². The Bertz CT molecular complexity index is 499. The van der Waals surface area contributed by atoms with Gasteiger partial charge in [-0.15, -0.1) is 0 Å². The third-order valence-corrected chi connectivity index (χ3v) is 4.78. The van der Waals surface area contributed by atoms with E-state index in [1.807, 2.05) is 0 Å². The van der Waals surface area contributed by atoms with E-state index in [2.05, 4.69) is 31.0 Å². The summed E-state index contributed by atoms with van der Waals surface area (Å²) in [5.74, 6) is 0. The number of pyridine rings is 1. The van der Waals surface area contributed by atoms with E-state index >= 15 is 0 Å². The lowest BCUT2D eigenvalue weighted by molar-refractivity contribution is 0.521. The van der Waals surface area contributed by atoms with Gasteiger partial charge in [0.1, 0.15) is 4.90 Å². The predicted octanol–water partition coefficient (Wildman–Crippen LogP) is 1.26. The van der Waals surface area contributed by atoms with E-state index in [4.69, 9.17) is 0 Å². The Morgan fingerprint density at radius 1 is 1.39 bits per heavy atom. The van der Waals surface area contributed by atoms with Gasteiger partial charge in [0.2, 0.25) is 10.0 Å². The molecule has 5 nitrogen and oxygen atoms in total. The maximum absolute atomic E-state index is 12.2. The van der Waals surface area contributed by atoms with Gasteiger partial charge in [-0.3, -0.25) is 4.98 Å². The van der Waals surface area contributed by atoms with Crippen molar-refractivity contribution < 1.29 is 8.42 Å². The molecule has 1 aliphatic rings. The Morgan fingerprint density at radius 2 is 2.22 bits per heavy atom. The van der Waals surface area contributed by atoms with Crippen LogP contribution < -0.4 is 10.0 Å². The second-order valence-corrected chi connectivity index (χ2v) is 6.99. The summed E-state index contributed by atoms with van der Waals surface area (Å²) in [6.45, 7) is 1.64. The SMILES string of the molecule is O=S(=O)(NC1CCCCNC1)c1cncc(Br)c1. The zero-order valence-electron chi connectivity index (χ0n) is 9.89. The fourth-order valence-electron chi connectivity index (χ4n) is 1.95. The average Bonchev–Trinajstić information content (AvgIpc) is 2.57.